The smallest absolute Gasteiger partial charge is 0.270 e. The van der Waals surface area contributed by atoms with E-state index in [1.54, 1.807) is 6.20 Å². The maximum absolute atomic E-state index is 12.5. The summed E-state index contributed by atoms with van der Waals surface area (Å²) in [4.78, 5) is 18.9. The molecular weight excluding hydrogens is 308 g/mol. The summed E-state index contributed by atoms with van der Waals surface area (Å²) in [5.74, 6) is 0.507. The number of carbonyl (C=O) groups is 1. The molecule has 0 spiro atoms. The molecule has 1 aliphatic rings. The second-order valence-corrected chi connectivity index (χ2v) is 5.93. The molecule has 2 aromatic heterocycles. The van der Waals surface area contributed by atoms with Crippen LogP contribution in [0.25, 0.3) is 0 Å². The molecule has 1 fully saturated rings. The highest BCUT2D eigenvalue weighted by atomic mass is 16.5. The van der Waals surface area contributed by atoms with Gasteiger partial charge in [0, 0.05) is 30.5 Å². The Balaban J connectivity index is 1.73. The Morgan fingerprint density at radius 2 is 2.08 bits per heavy atom. The normalized spacial score (nSPS) is 16.0. The first kappa shape index (κ1) is 16.4. The van der Waals surface area contributed by atoms with Crippen LogP contribution in [0.1, 0.15) is 40.5 Å². The summed E-state index contributed by atoms with van der Waals surface area (Å²) in [6.45, 7) is 8.66. The van der Waals surface area contributed by atoms with Crippen LogP contribution in [-0.4, -0.2) is 42.4 Å². The number of pyridine rings is 1. The quantitative estimate of drug-likeness (QED) is 0.924. The van der Waals surface area contributed by atoms with E-state index in [0.717, 1.165) is 35.8 Å². The zero-order valence-corrected chi connectivity index (χ0v) is 14.2. The lowest BCUT2D eigenvalue weighted by atomic mass is 10.1. The van der Waals surface area contributed by atoms with Gasteiger partial charge in [0.05, 0.1) is 24.9 Å². The van der Waals surface area contributed by atoms with Crippen LogP contribution in [-0.2, 0) is 4.74 Å². The summed E-state index contributed by atoms with van der Waals surface area (Å²) in [6, 6.07) is 3.54. The van der Waals surface area contributed by atoms with Crippen molar-refractivity contribution in [2.75, 3.05) is 31.2 Å². The number of nitrogens with zero attached hydrogens (tertiary/aromatic N) is 3. The van der Waals surface area contributed by atoms with E-state index < -0.39 is 0 Å². The molecular formula is C17H22N4O3. The molecule has 7 heteroatoms. The molecule has 128 valence electrons. The highest BCUT2D eigenvalue weighted by Gasteiger charge is 2.20. The van der Waals surface area contributed by atoms with Gasteiger partial charge < -0.3 is 19.5 Å². The molecule has 1 aliphatic heterocycles. The van der Waals surface area contributed by atoms with E-state index in [9.17, 15) is 4.79 Å². The standard InChI is InChI=1S/C17H22N4O3/c1-11(16-12(2)20-24-13(16)3)19-17(22)15-10-14(4-5-18-15)21-6-8-23-9-7-21/h4-5,10-11H,6-9H2,1-3H3,(H,19,22)/t11-/m0/s1. The Labute approximate surface area is 141 Å². The third-order valence-electron chi connectivity index (χ3n) is 4.22. The molecule has 0 bridgehead atoms. The van der Waals surface area contributed by atoms with Gasteiger partial charge in [-0.1, -0.05) is 5.16 Å². The minimum Gasteiger partial charge on any atom is -0.378 e. The van der Waals surface area contributed by atoms with Crippen LogP contribution in [0.15, 0.2) is 22.9 Å². The summed E-state index contributed by atoms with van der Waals surface area (Å²) in [7, 11) is 0. The SMILES string of the molecule is Cc1noc(C)c1[C@H](C)NC(=O)c1cc(N2CCOCC2)ccn1. The van der Waals surface area contributed by atoms with E-state index in [0.29, 0.717) is 18.9 Å². The predicted octanol–water partition coefficient (Wildman–Crippen LogP) is 2.01. The molecule has 1 amide bonds. The van der Waals surface area contributed by atoms with Crippen LogP contribution in [0.3, 0.4) is 0 Å². The lowest BCUT2D eigenvalue weighted by Gasteiger charge is -2.28. The van der Waals surface area contributed by atoms with Crippen LogP contribution in [0.5, 0.6) is 0 Å². The molecule has 1 saturated heterocycles. The van der Waals surface area contributed by atoms with Crippen LogP contribution >= 0.6 is 0 Å². The van der Waals surface area contributed by atoms with Gasteiger partial charge >= 0.3 is 0 Å². The van der Waals surface area contributed by atoms with E-state index in [2.05, 4.69) is 20.4 Å². The maximum Gasteiger partial charge on any atom is 0.270 e. The summed E-state index contributed by atoms with van der Waals surface area (Å²) in [5.41, 5.74) is 3.09. The number of hydrogen-bond donors (Lipinski definition) is 1. The number of morpholine rings is 1. The fourth-order valence-electron chi connectivity index (χ4n) is 3.01. The van der Waals surface area contributed by atoms with Gasteiger partial charge in [-0.2, -0.15) is 0 Å². The van der Waals surface area contributed by atoms with Gasteiger partial charge in [-0.3, -0.25) is 9.78 Å². The van der Waals surface area contributed by atoms with Crippen LogP contribution in [0.4, 0.5) is 5.69 Å². The number of rotatable bonds is 4. The number of carbonyl (C=O) groups excluding carboxylic acids is 1. The number of aromatic nitrogens is 2. The highest BCUT2D eigenvalue weighted by molar-refractivity contribution is 5.93. The Morgan fingerprint density at radius 1 is 1.33 bits per heavy atom. The number of hydrogen-bond acceptors (Lipinski definition) is 6. The van der Waals surface area contributed by atoms with E-state index in [1.807, 2.05) is 32.9 Å². The molecule has 0 radical (unpaired) electrons. The molecule has 0 aromatic carbocycles. The predicted molar refractivity (Wildman–Crippen MR) is 89.1 cm³/mol. The van der Waals surface area contributed by atoms with E-state index in [1.165, 1.54) is 0 Å². The van der Waals surface area contributed by atoms with E-state index >= 15 is 0 Å². The van der Waals surface area contributed by atoms with Crippen molar-refractivity contribution in [1.29, 1.82) is 0 Å². The largest absolute Gasteiger partial charge is 0.378 e. The number of amides is 1. The van der Waals surface area contributed by atoms with Gasteiger partial charge in [-0.05, 0) is 32.9 Å². The Bertz CT molecular complexity index is 703. The summed E-state index contributed by atoms with van der Waals surface area (Å²) in [6.07, 6.45) is 1.67. The third kappa shape index (κ3) is 3.41. The fraction of sp³-hybridized carbons (Fsp3) is 0.471. The van der Waals surface area contributed by atoms with Gasteiger partial charge in [0.25, 0.3) is 5.91 Å². The van der Waals surface area contributed by atoms with Crippen molar-refractivity contribution in [3.05, 3.63) is 41.0 Å². The minimum absolute atomic E-state index is 0.197. The van der Waals surface area contributed by atoms with Crippen molar-refractivity contribution < 1.29 is 14.1 Å². The second kappa shape index (κ2) is 7.00. The average Bonchev–Trinajstić information content (AvgIpc) is 2.94. The Hall–Kier alpha value is -2.41. The first-order chi connectivity index (χ1) is 11.6. The van der Waals surface area contributed by atoms with E-state index in [4.69, 9.17) is 9.26 Å². The maximum atomic E-state index is 12.5. The van der Waals surface area contributed by atoms with Crippen molar-refractivity contribution >= 4 is 11.6 Å². The topological polar surface area (TPSA) is 80.5 Å². The van der Waals surface area contributed by atoms with Crippen LogP contribution in [0.2, 0.25) is 0 Å². The molecule has 1 N–H and O–H groups in total. The molecule has 0 saturated carbocycles. The average molecular weight is 330 g/mol. The van der Waals surface area contributed by atoms with Crippen LogP contribution in [0, 0.1) is 13.8 Å². The lowest BCUT2D eigenvalue weighted by Crippen LogP contribution is -2.36. The molecule has 3 rings (SSSR count). The highest BCUT2D eigenvalue weighted by Crippen LogP contribution is 2.22. The van der Waals surface area contributed by atoms with Gasteiger partial charge in [-0.25, -0.2) is 0 Å². The van der Waals surface area contributed by atoms with Crippen molar-refractivity contribution in [3.63, 3.8) is 0 Å². The van der Waals surface area contributed by atoms with Crippen molar-refractivity contribution in [3.8, 4) is 0 Å². The van der Waals surface area contributed by atoms with Crippen molar-refractivity contribution in [2.24, 2.45) is 0 Å². The fourth-order valence-corrected chi connectivity index (χ4v) is 3.01. The van der Waals surface area contributed by atoms with Crippen molar-refractivity contribution in [2.45, 2.75) is 26.8 Å². The second-order valence-electron chi connectivity index (χ2n) is 5.93. The van der Waals surface area contributed by atoms with Gasteiger partial charge in [0.2, 0.25) is 0 Å². The molecule has 2 aromatic rings. The number of ether oxygens (including phenoxy) is 1. The lowest BCUT2D eigenvalue weighted by molar-refractivity contribution is 0.0934. The Morgan fingerprint density at radius 3 is 2.75 bits per heavy atom. The monoisotopic (exact) mass is 330 g/mol. The number of anilines is 1. The molecule has 3 heterocycles. The van der Waals surface area contributed by atoms with Gasteiger partial charge in [-0.15, -0.1) is 0 Å². The zero-order valence-electron chi connectivity index (χ0n) is 14.2. The third-order valence-corrected chi connectivity index (χ3v) is 4.22. The molecule has 1 atom stereocenters. The first-order valence-corrected chi connectivity index (χ1v) is 8.08. The summed E-state index contributed by atoms with van der Waals surface area (Å²) in [5, 5.41) is 6.90. The van der Waals surface area contributed by atoms with Crippen LogP contribution < -0.4 is 10.2 Å². The molecule has 24 heavy (non-hydrogen) atoms. The molecule has 0 unspecified atom stereocenters. The first-order valence-electron chi connectivity index (χ1n) is 8.08. The molecule has 7 nitrogen and oxygen atoms in total. The Kier molecular flexibility index (Phi) is 4.80. The summed E-state index contributed by atoms with van der Waals surface area (Å²) < 4.78 is 10.5. The van der Waals surface area contributed by atoms with Crippen molar-refractivity contribution in [1.82, 2.24) is 15.5 Å². The summed E-state index contributed by atoms with van der Waals surface area (Å²) >= 11 is 0. The van der Waals surface area contributed by atoms with Gasteiger partial charge in [0.1, 0.15) is 11.5 Å². The minimum atomic E-state index is -0.211. The zero-order chi connectivity index (χ0) is 17.1. The van der Waals surface area contributed by atoms with Gasteiger partial charge in [0.15, 0.2) is 0 Å². The molecule has 0 aliphatic carbocycles. The number of nitrogens with one attached hydrogen (secondary N) is 1. The number of aryl methyl sites for hydroxylation is 2. The van der Waals surface area contributed by atoms with E-state index in [-0.39, 0.29) is 11.9 Å².